The van der Waals surface area contributed by atoms with E-state index in [9.17, 15) is 0 Å². The monoisotopic (exact) mass is 353 g/mol. The summed E-state index contributed by atoms with van der Waals surface area (Å²) in [5, 5.41) is 3.62. The first-order valence-corrected chi connectivity index (χ1v) is 9.76. The first kappa shape index (κ1) is 18.9. The zero-order valence-electron chi connectivity index (χ0n) is 16.0. The van der Waals surface area contributed by atoms with Gasteiger partial charge in [-0.1, -0.05) is 31.2 Å². The van der Waals surface area contributed by atoms with E-state index >= 15 is 0 Å². The third-order valence-corrected chi connectivity index (χ3v) is 5.16. The van der Waals surface area contributed by atoms with E-state index in [0.717, 1.165) is 30.3 Å². The van der Waals surface area contributed by atoms with Gasteiger partial charge in [0.15, 0.2) is 0 Å². The first-order valence-electron chi connectivity index (χ1n) is 9.76. The maximum absolute atomic E-state index is 6.02. The molecule has 4 nitrogen and oxygen atoms in total. The van der Waals surface area contributed by atoms with Gasteiger partial charge in [0.1, 0.15) is 12.4 Å². The molecule has 2 atom stereocenters. The summed E-state index contributed by atoms with van der Waals surface area (Å²) < 4.78 is 6.02. The van der Waals surface area contributed by atoms with Gasteiger partial charge in [0.05, 0.1) is 0 Å². The smallest absolute Gasteiger partial charge is 0.124 e. The van der Waals surface area contributed by atoms with Crippen LogP contribution in [0.5, 0.6) is 5.75 Å². The maximum Gasteiger partial charge on any atom is 0.124 e. The van der Waals surface area contributed by atoms with Crippen molar-refractivity contribution in [3.8, 4) is 5.75 Å². The van der Waals surface area contributed by atoms with Gasteiger partial charge < -0.3 is 10.1 Å². The van der Waals surface area contributed by atoms with E-state index < -0.39 is 0 Å². The average molecular weight is 354 g/mol. The molecule has 0 radical (unpaired) electrons. The summed E-state index contributed by atoms with van der Waals surface area (Å²) in [7, 11) is 0. The van der Waals surface area contributed by atoms with Crippen molar-refractivity contribution in [2.24, 2.45) is 5.92 Å². The third kappa shape index (κ3) is 5.55. The number of rotatable bonds is 8. The lowest BCUT2D eigenvalue weighted by Crippen LogP contribution is -2.45. The van der Waals surface area contributed by atoms with Gasteiger partial charge in [-0.3, -0.25) is 9.88 Å². The highest BCUT2D eigenvalue weighted by Crippen LogP contribution is 2.20. The minimum Gasteiger partial charge on any atom is -0.489 e. The molecule has 0 aliphatic carbocycles. The van der Waals surface area contributed by atoms with E-state index in [1.807, 2.05) is 30.5 Å². The first-order chi connectivity index (χ1) is 12.7. The predicted molar refractivity (Wildman–Crippen MR) is 106 cm³/mol. The van der Waals surface area contributed by atoms with Crippen molar-refractivity contribution in [2.45, 2.75) is 45.9 Å². The highest BCUT2D eigenvalue weighted by atomic mass is 16.5. The molecule has 2 unspecified atom stereocenters. The molecule has 4 heteroatoms. The number of piperidine rings is 1. The van der Waals surface area contributed by atoms with Gasteiger partial charge in [-0.15, -0.1) is 0 Å². The summed E-state index contributed by atoms with van der Waals surface area (Å²) in [5.74, 6) is 1.77. The minimum absolute atomic E-state index is 0.549. The van der Waals surface area contributed by atoms with Gasteiger partial charge in [-0.2, -0.15) is 0 Å². The second kappa shape index (κ2) is 9.70. The fourth-order valence-corrected chi connectivity index (χ4v) is 3.61. The third-order valence-electron chi connectivity index (χ3n) is 5.16. The van der Waals surface area contributed by atoms with Gasteiger partial charge >= 0.3 is 0 Å². The number of nitrogens with zero attached hydrogens (tertiary/aromatic N) is 2. The lowest BCUT2D eigenvalue weighted by molar-refractivity contribution is 0.136. The Hall–Kier alpha value is -1.91. The van der Waals surface area contributed by atoms with Crippen LogP contribution < -0.4 is 10.1 Å². The fourth-order valence-electron chi connectivity index (χ4n) is 3.61. The van der Waals surface area contributed by atoms with E-state index in [1.165, 1.54) is 31.5 Å². The van der Waals surface area contributed by atoms with Crippen LogP contribution >= 0.6 is 0 Å². The summed E-state index contributed by atoms with van der Waals surface area (Å²) in [6, 6.07) is 12.8. The Bertz CT molecular complexity index is 661. The molecule has 1 saturated heterocycles. The Morgan fingerprint density at radius 1 is 1.27 bits per heavy atom. The van der Waals surface area contributed by atoms with E-state index in [1.54, 1.807) is 6.20 Å². The van der Waals surface area contributed by atoms with Gasteiger partial charge in [0.2, 0.25) is 0 Å². The Kier molecular flexibility index (Phi) is 7.04. The van der Waals surface area contributed by atoms with Crippen LogP contribution in [0.3, 0.4) is 0 Å². The van der Waals surface area contributed by atoms with Crippen molar-refractivity contribution in [3.05, 3.63) is 59.9 Å². The number of nitrogens with one attached hydrogen (secondary N) is 1. The Morgan fingerprint density at radius 3 is 2.96 bits per heavy atom. The molecule has 1 N–H and O–H groups in total. The highest BCUT2D eigenvalue weighted by Gasteiger charge is 2.20. The molecule has 3 rings (SSSR count). The SMILES string of the molecule is CC1CCCN(C(C)CNCc2ccccc2OCc2cccnc2)C1. The summed E-state index contributed by atoms with van der Waals surface area (Å²) in [6.45, 7) is 9.54. The number of aromatic nitrogens is 1. The van der Waals surface area contributed by atoms with Crippen LogP contribution in [0, 0.1) is 5.92 Å². The number of para-hydroxylation sites is 1. The van der Waals surface area contributed by atoms with Crippen LogP contribution in [0.4, 0.5) is 0 Å². The summed E-state index contributed by atoms with van der Waals surface area (Å²) in [4.78, 5) is 6.76. The van der Waals surface area contributed by atoms with Crippen molar-refractivity contribution in [3.63, 3.8) is 0 Å². The van der Waals surface area contributed by atoms with E-state index in [2.05, 4.69) is 41.2 Å². The molecule has 26 heavy (non-hydrogen) atoms. The molecule has 1 aromatic heterocycles. The molecule has 1 fully saturated rings. The minimum atomic E-state index is 0.549. The number of ether oxygens (including phenoxy) is 1. The topological polar surface area (TPSA) is 37.4 Å². The van der Waals surface area contributed by atoms with Crippen molar-refractivity contribution in [1.82, 2.24) is 15.2 Å². The number of pyridine rings is 1. The standard InChI is InChI=1S/C22H31N3O/c1-18-7-6-12-25(16-18)19(2)13-24-15-21-9-3-4-10-22(21)26-17-20-8-5-11-23-14-20/h3-5,8-11,14,18-19,24H,6-7,12-13,15-17H2,1-2H3. The molecular formula is C22H31N3O. The van der Waals surface area contributed by atoms with Gasteiger partial charge in [-0.25, -0.2) is 0 Å². The number of benzene rings is 1. The number of likely N-dealkylation sites (tertiary alicyclic amines) is 1. The molecule has 2 heterocycles. The van der Waals surface area contributed by atoms with Crippen molar-refractivity contribution < 1.29 is 4.74 Å². The van der Waals surface area contributed by atoms with E-state index in [-0.39, 0.29) is 0 Å². The quantitative estimate of drug-likeness (QED) is 0.782. The maximum atomic E-state index is 6.02. The van der Waals surface area contributed by atoms with E-state index in [4.69, 9.17) is 4.74 Å². The summed E-state index contributed by atoms with van der Waals surface area (Å²) in [6.07, 6.45) is 6.34. The normalized spacial score (nSPS) is 19.2. The summed E-state index contributed by atoms with van der Waals surface area (Å²) >= 11 is 0. The number of hydrogen-bond acceptors (Lipinski definition) is 4. The second-order valence-electron chi connectivity index (χ2n) is 7.48. The molecule has 140 valence electrons. The van der Waals surface area contributed by atoms with Crippen LogP contribution in [0.15, 0.2) is 48.8 Å². The zero-order chi connectivity index (χ0) is 18.2. The second-order valence-corrected chi connectivity index (χ2v) is 7.48. The average Bonchev–Trinajstić information content (AvgIpc) is 2.68. The Labute approximate surface area is 157 Å². The number of hydrogen-bond donors (Lipinski definition) is 1. The van der Waals surface area contributed by atoms with Crippen molar-refractivity contribution >= 4 is 0 Å². The lowest BCUT2D eigenvalue weighted by Gasteiger charge is -2.35. The molecule has 0 saturated carbocycles. The Morgan fingerprint density at radius 2 is 2.15 bits per heavy atom. The molecule has 1 aliphatic rings. The highest BCUT2D eigenvalue weighted by molar-refractivity contribution is 5.33. The Balaban J connectivity index is 1.48. The van der Waals surface area contributed by atoms with Gasteiger partial charge in [-0.05, 0) is 44.4 Å². The van der Waals surface area contributed by atoms with Crippen molar-refractivity contribution in [1.29, 1.82) is 0 Å². The van der Waals surface area contributed by atoms with Crippen LogP contribution in [0.25, 0.3) is 0 Å². The van der Waals surface area contributed by atoms with Crippen LogP contribution in [-0.4, -0.2) is 35.6 Å². The molecule has 0 spiro atoms. The zero-order valence-corrected chi connectivity index (χ0v) is 16.0. The molecule has 0 amide bonds. The summed E-state index contributed by atoms with van der Waals surface area (Å²) in [5.41, 5.74) is 2.29. The molecule has 0 bridgehead atoms. The van der Waals surface area contributed by atoms with Crippen LogP contribution in [0.1, 0.15) is 37.8 Å². The largest absolute Gasteiger partial charge is 0.489 e. The lowest BCUT2D eigenvalue weighted by atomic mass is 9.99. The molecule has 1 aromatic carbocycles. The van der Waals surface area contributed by atoms with E-state index in [0.29, 0.717) is 12.6 Å². The molecule has 2 aromatic rings. The predicted octanol–water partition coefficient (Wildman–Crippen LogP) is 3.87. The van der Waals surface area contributed by atoms with Gasteiger partial charge in [0.25, 0.3) is 0 Å². The van der Waals surface area contributed by atoms with Crippen molar-refractivity contribution in [2.75, 3.05) is 19.6 Å². The molecular weight excluding hydrogens is 322 g/mol. The van der Waals surface area contributed by atoms with Crippen LogP contribution in [-0.2, 0) is 13.2 Å². The molecule has 1 aliphatic heterocycles. The fraction of sp³-hybridized carbons (Fsp3) is 0.500. The van der Waals surface area contributed by atoms with Gasteiger partial charge in [0, 0.05) is 49.2 Å². The van der Waals surface area contributed by atoms with Crippen LogP contribution in [0.2, 0.25) is 0 Å².